The fraction of sp³-hybridized carbons (Fsp3) is 0.714. The topological polar surface area (TPSA) is 20.2 Å². The third-order valence-corrected chi connectivity index (χ3v) is 3.11. The van der Waals surface area contributed by atoms with Crippen molar-refractivity contribution in [1.29, 1.82) is 0 Å². The normalized spacial score (nSPS) is 21.4. The van der Waals surface area contributed by atoms with Crippen molar-refractivity contribution >= 4 is 0 Å². The van der Waals surface area contributed by atoms with Gasteiger partial charge >= 0.3 is 0 Å². The summed E-state index contributed by atoms with van der Waals surface area (Å²) < 4.78 is 0. The molecule has 1 heteroatoms. The van der Waals surface area contributed by atoms with Crippen LogP contribution in [0.4, 0.5) is 0 Å². The Morgan fingerprint density at radius 3 is 2.87 bits per heavy atom. The largest absolute Gasteiger partial charge is 0.382 e. The van der Waals surface area contributed by atoms with Gasteiger partial charge in [-0.3, -0.25) is 0 Å². The molecule has 0 aromatic heterocycles. The first-order chi connectivity index (χ1) is 7.17. The molecule has 0 heterocycles. The number of unbranched alkanes of at least 4 members (excludes halogenated alkanes) is 2. The van der Waals surface area contributed by atoms with Crippen molar-refractivity contribution in [2.24, 2.45) is 0 Å². The molecule has 0 aromatic rings. The minimum atomic E-state index is -0.700. The zero-order chi connectivity index (χ0) is 11.1. The number of hydrogen-bond acceptors (Lipinski definition) is 1. The van der Waals surface area contributed by atoms with Crippen LogP contribution in [0.5, 0.6) is 0 Å². The summed E-state index contributed by atoms with van der Waals surface area (Å²) in [5, 5.41) is 10.3. The third-order valence-electron chi connectivity index (χ3n) is 3.11. The van der Waals surface area contributed by atoms with Gasteiger partial charge in [0, 0.05) is 0 Å². The minimum Gasteiger partial charge on any atom is -0.382 e. The molecule has 1 N–H and O–H groups in total. The second kappa shape index (κ2) is 6.12. The molecule has 0 amide bonds. The highest BCUT2D eigenvalue weighted by Gasteiger charge is 2.22. The van der Waals surface area contributed by atoms with Gasteiger partial charge in [-0.1, -0.05) is 38.0 Å². The van der Waals surface area contributed by atoms with Crippen molar-refractivity contribution in [3.63, 3.8) is 0 Å². The Bertz CT molecular complexity index is 236. The lowest BCUT2D eigenvalue weighted by atomic mass is 9.86. The Kier molecular flexibility index (Phi) is 5.10. The monoisotopic (exact) mass is 208 g/mol. The highest BCUT2D eigenvalue weighted by molar-refractivity contribution is 5.24. The van der Waals surface area contributed by atoms with E-state index >= 15 is 0 Å². The molecule has 0 spiro atoms. The van der Waals surface area contributed by atoms with E-state index in [4.69, 9.17) is 0 Å². The van der Waals surface area contributed by atoms with Gasteiger partial charge in [0.2, 0.25) is 0 Å². The van der Waals surface area contributed by atoms with Crippen LogP contribution in [0, 0.1) is 0 Å². The zero-order valence-electron chi connectivity index (χ0n) is 10.1. The zero-order valence-corrected chi connectivity index (χ0v) is 10.1. The maximum atomic E-state index is 10.3. The molecule has 0 fully saturated rings. The van der Waals surface area contributed by atoms with Gasteiger partial charge in [0.15, 0.2) is 0 Å². The van der Waals surface area contributed by atoms with Crippen molar-refractivity contribution in [1.82, 2.24) is 0 Å². The highest BCUT2D eigenvalue weighted by atomic mass is 16.3. The fourth-order valence-electron chi connectivity index (χ4n) is 2.04. The van der Waals surface area contributed by atoms with E-state index in [9.17, 15) is 5.11 Å². The van der Waals surface area contributed by atoms with E-state index in [1.54, 1.807) is 0 Å². The molecule has 0 aromatic carbocycles. The summed E-state index contributed by atoms with van der Waals surface area (Å²) in [5.41, 5.74) is 0.509. The second-order valence-corrected chi connectivity index (χ2v) is 4.67. The lowest BCUT2D eigenvalue weighted by molar-refractivity contribution is 0.144. The van der Waals surface area contributed by atoms with Gasteiger partial charge in [-0.05, 0) is 44.6 Å². The van der Waals surface area contributed by atoms with Crippen LogP contribution >= 0.6 is 0 Å². The number of allylic oxidation sites excluding steroid dienone is 2. The van der Waals surface area contributed by atoms with E-state index in [1.807, 2.05) is 13.0 Å². The maximum Gasteiger partial charge on any atom is 0.101 e. The van der Waals surface area contributed by atoms with Crippen molar-refractivity contribution in [3.8, 4) is 0 Å². The van der Waals surface area contributed by atoms with Gasteiger partial charge in [0.25, 0.3) is 0 Å². The summed E-state index contributed by atoms with van der Waals surface area (Å²) in [7, 11) is 0. The Hall–Kier alpha value is -0.560. The number of aliphatic hydroxyl groups is 1. The average Bonchev–Trinajstić information content (AvgIpc) is 2.26. The molecule has 1 nitrogen and oxygen atoms in total. The summed E-state index contributed by atoms with van der Waals surface area (Å²) in [6.45, 7) is 4.10. The van der Waals surface area contributed by atoms with Crippen LogP contribution in [0.25, 0.3) is 0 Å². The third kappa shape index (κ3) is 4.21. The van der Waals surface area contributed by atoms with E-state index in [0.29, 0.717) is 0 Å². The van der Waals surface area contributed by atoms with Crippen LogP contribution in [-0.4, -0.2) is 10.7 Å². The van der Waals surface area contributed by atoms with Gasteiger partial charge in [0.1, 0.15) is 5.60 Å². The maximum absolute atomic E-state index is 10.3. The first-order valence-corrected chi connectivity index (χ1v) is 6.26. The Morgan fingerprint density at radius 2 is 2.27 bits per heavy atom. The molecule has 0 saturated carbocycles. The van der Waals surface area contributed by atoms with Gasteiger partial charge in [-0.15, -0.1) is 0 Å². The summed E-state index contributed by atoms with van der Waals surface area (Å²) in [6.07, 6.45) is 14.5. The van der Waals surface area contributed by atoms with E-state index < -0.39 is 5.60 Å². The van der Waals surface area contributed by atoms with Gasteiger partial charge in [-0.25, -0.2) is 0 Å². The number of rotatable bonds is 5. The molecule has 0 saturated heterocycles. The molecule has 0 bridgehead atoms. The first-order valence-electron chi connectivity index (χ1n) is 6.26. The Labute approximate surface area is 93.9 Å². The van der Waals surface area contributed by atoms with Crippen LogP contribution in [0.3, 0.4) is 0 Å². The molecular weight excluding hydrogens is 184 g/mol. The van der Waals surface area contributed by atoms with E-state index in [1.165, 1.54) is 31.3 Å². The molecule has 1 aliphatic rings. The highest BCUT2D eigenvalue weighted by Crippen LogP contribution is 2.28. The average molecular weight is 208 g/mol. The van der Waals surface area contributed by atoms with Crippen LogP contribution in [0.2, 0.25) is 0 Å². The lowest BCUT2D eigenvalue weighted by Crippen LogP contribution is -2.25. The molecule has 1 aliphatic carbocycles. The predicted octanol–water partition coefficient (Wildman–Crippen LogP) is 3.98. The quantitative estimate of drug-likeness (QED) is 0.535. The van der Waals surface area contributed by atoms with Crippen LogP contribution in [-0.2, 0) is 0 Å². The van der Waals surface area contributed by atoms with Crippen molar-refractivity contribution in [3.05, 3.63) is 23.8 Å². The number of hydrogen-bond donors (Lipinski definition) is 1. The van der Waals surface area contributed by atoms with Crippen molar-refractivity contribution < 1.29 is 5.11 Å². The van der Waals surface area contributed by atoms with Crippen LogP contribution < -0.4 is 0 Å². The molecule has 1 rings (SSSR count). The molecule has 86 valence electrons. The van der Waals surface area contributed by atoms with Crippen molar-refractivity contribution in [2.75, 3.05) is 0 Å². The van der Waals surface area contributed by atoms with E-state index in [0.717, 1.165) is 19.3 Å². The summed E-state index contributed by atoms with van der Waals surface area (Å²) in [5.74, 6) is 0. The first kappa shape index (κ1) is 12.5. The minimum absolute atomic E-state index is 0.700. The van der Waals surface area contributed by atoms with Crippen molar-refractivity contribution in [2.45, 2.75) is 64.4 Å². The Morgan fingerprint density at radius 1 is 1.47 bits per heavy atom. The predicted molar refractivity (Wildman–Crippen MR) is 65.8 cm³/mol. The van der Waals surface area contributed by atoms with Gasteiger partial charge in [0.05, 0.1) is 0 Å². The Balaban J connectivity index is 2.49. The van der Waals surface area contributed by atoms with Gasteiger partial charge in [-0.2, -0.15) is 0 Å². The molecular formula is C14H24O. The van der Waals surface area contributed by atoms with Gasteiger partial charge < -0.3 is 5.11 Å². The van der Waals surface area contributed by atoms with E-state index in [2.05, 4.69) is 19.1 Å². The van der Waals surface area contributed by atoms with Crippen LogP contribution in [0.15, 0.2) is 23.8 Å². The summed E-state index contributed by atoms with van der Waals surface area (Å²) >= 11 is 0. The fourth-order valence-corrected chi connectivity index (χ4v) is 2.04. The molecule has 0 aliphatic heterocycles. The molecule has 1 atom stereocenters. The molecule has 1 unspecified atom stereocenters. The molecule has 0 radical (unpaired) electrons. The SMILES string of the molecule is CCCC/C=C/C(C)(O)C1=CCCCC1. The smallest absolute Gasteiger partial charge is 0.101 e. The van der Waals surface area contributed by atoms with E-state index in [-0.39, 0.29) is 0 Å². The standard InChI is InChI=1S/C14H24O/c1-3-4-5-9-12-14(2,15)13-10-7-6-8-11-13/h9-10,12,15H,3-8,11H2,1-2H3/b12-9+. The molecule has 15 heavy (non-hydrogen) atoms. The summed E-state index contributed by atoms with van der Waals surface area (Å²) in [4.78, 5) is 0. The summed E-state index contributed by atoms with van der Waals surface area (Å²) in [6, 6.07) is 0. The lowest BCUT2D eigenvalue weighted by Gasteiger charge is -2.26. The van der Waals surface area contributed by atoms with Crippen LogP contribution in [0.1, 0.15) is 58.8 Å². The second-order valence-electron chi connectivity index (χ2n) is 4.67.